The summed E-state index contributed by atoms with van der Waals surface area (Å²) in [4.78, 5) is 25.1. The first kappa shape index (κ1) is 59.2. The minimum absolute atomic E-state index is 0.0112. The first-order valence-electron chi connectivity index (χ1n) is 24.1. The van der Waals surface area contributed by atoms with Crippen molar-refractivity contribution in [2.75, 3.05) is 54.1 Å². The van der Waals surface area contributed by atoms with E-state index in [0.29, 0.717) is 17.6 Å². The number of quaternary nitrogens is 1. The molecule has 0 bridgehead atoms. The number of unbranched alkanes of at least 4 members (excludes halogenated alkanes) is 11. The van der Waals surface area contributed by atoms with Crippen molar-refractivity contribution in [1.82, 2.24) is 0 Å². The Bertz CT molecular complexity index is 1350. The van der Waals surface area contributed by atoms with Crippen molar-refractivity contribution in [2.45, 2.75) is 168 Å². The van der Waals surface area contributed by atoms with Gasteiger partial charge in [0.25, 0.3) is 7.82 Å². The summed E-state index contributed by atoms with van der Waals surface area (Å²) in [5, 5.41) is 0. The molecule has 0 N–H and O–H groups in total. The van der Waals surface area contributed by atoms with Gasteiger partial charge >= 0.3 is 5.97 Å². The number of likely N-dealkylation sites (N-methyl/N-ethyl adjacent to an activating group) is 1. The molecular weight excluding hydrogens is 794 g/mol. The van der Waals surface area contributed by atoms with Crippen molar-refractivity contribution >= 4 is 13.8 Å². The van der Waals surface area contributed by atoms with Crippen LogP contribution in [0.2, 0.25) is 0 Å². The van der Waals surface area contributed by atoms with E-state index in [2.05, 4.69) is 123 Å². The second kappa shape index (κ2) is 44.8. The molecule has 0 radical (unpaired) electrons. The van der Waals surface area contributed by atoms with Crippen molar-refractivity contribution in [1.29, 1.82) is 0 Å². The summed E-state index contributed by atoms with van der Waals surface area (Å²) in [6, 6.07) is 0. The molecule has 0 aliphatic heterocycles. The Balaban J connectivity index is 4.26. The highest BCUT2D eigenvalue weighted by Gasteiger charge is 2.20. The first-order chi connectivity index (χ1) is 30.1. The number of carbonyl (C=O) groups is 1. The molecule has 0 heterocycles. The highest BCUT2D eigenvalue weighted by atomic mass is 31.2. The second-order valence-corrected chi connectivity index (χ2v) is 18.1. The molecule has 8 nitrogen and oxygen atoms in total. The molecule has 0 rings (SSSR count). The normalized spacial score (nSPS) is 14.6. The molecule has 2 atom stereocenters. The van der Waals surface area contributed by atoms with Crippen molar-refractivity contribution in [3.8, 4) is 0 Å². The summed E-state index contributed by atoms with van der Waals surface area (Å²) in [7, 11) is 1.31. The predicted octanol–water partition coefficient (Wildman–Crippen LogP) is 14.1. The largest absolute Gasteiger partial charge is 0.756 e. The van der Waals surface area contributed by atoms with Gasteiger partial charge in [-0.15, -0.1) is 0 Å². The van der Waals surface area contributed by atoms with Gasteiger partial charge in [0.15, 0.2) is 0 Å². The molecule has 354 valence electrons. The SMILES string of the molecule is CC/C=C\C/C=C\C/C=C\C/C=C\C/C=C\C/C=C\C/C=C\CCCCCCOCC(COP(=O)([O-])OCC[N+](C)(C)C)OC(=O)CCCCCCC/C=C\C/C=C\CCCC. The molecular formula is C53H90NO7P. The van der Waals surface area contributed by atoms with Gasteiger partial charge in [-0.05, 0) is 96.3 Å². The highest BCUT2D eigenvalue weighted by molar-refractivity contribution is 7.45. The quantitative estimate of drug-likeness (QED) is 0.0198. The van der Waals surface area contributed by atoms with Gasteiger partial charge in [-0.1, -0.05) is 168 Å². The van der Waals surface area contributed by atoms with Gasteiger partial charge in [-0.25, -0.2) is 0 Å². The average molecular weight is 884 g/mol. The monoisotopic (exact) mass is 884 g/mol. The van der Waals surface area contributed by atoms with Gasteiger partial charge < -0.3 is 27.9 Å². The van der Waals surface area contributed by atoms with Crippen LogP contribution in [0.5, 0.6) is 0 Å². The van der Waals surface area contributed by atoms with Crippen LogP contribution in [-0.2, 0) is 27.9 Å². The zero-order chi connectivity index (χ0) is 45.5. The predicted molar refractivity (Wildman–Crippen MR) is 263 cm³/mol. The summed E-state index contributed by atoms with van der Waals surface area (Å²) >= 11 is 0. The minimum atomic E-state index is -4.55. The maximum Gasteiger partial charge on any atom is 0.306 e. The lowest BCUT2D eigenvalue weighted by Gasteiger charge is -2.28. The Labute approximate surface area is 380 Å². The molecule has 0 amide bonds. The Kier molecular flexibility index (Phi) is 42.7. The zero-order valence-corrected chi connectivity index (χ0v) is 40.9. The lowest BCUT2D eigenvalue weighted by atomic mass is 10.1. The maximum absolute atomic E-state index is 12.7. The second-order valence-electron chi connectivity index (χ2n) is 16.7. The number of ether oxygens (including phenoxy) is 2. The third-order valence-corrected chi connectivity index (χ3v) is 10.5. The molecule has 0 saturated carbocycles. The number of phosphoric acid groups is 1. The van der Waals surface area contributed by atoms with Gasteiger partial charge in [0.05, 0.1) is 34.4 Å². The molecule has 0 fully saturated rings. The smallest absolute Gasteiger partial charge is 0.306 e. The molecule has 0 aromatic rings. The van der Waals surface area contributed by atoms with E-state index in [-0.39, 0.29) is 32.2 Å². The van der Waals surface area contributed by atoms with E-state index in [1.165, 1.54) is 19.3 Å². The fraction of sp³-hybridized carbons (Fsp3) is 0.642. The van der Waals surface area contributed by atoms with Crippen LogP contribution in [-0.4, -0.2) is 70.7 Å². The summed E-state index contributed by atoms with van der Waals surface area (Å²) in [6.07, 6.45) is 62.5. The first-order valence-corrected chi connectivity index (χ1v) is 25.6. The van der Waals surface area contributed by atoms with Crippen molar-refractivity contribution in [2.24, 2.45) is 0 Å². The van der Waals surface area contributed by atoms with Gasteiger partial charge in [0.1, 0.15) is 19.3 Å². The molecule has 9 heteroatoms. The molecule has 0 aliphatic carbocycles. The fourth-order valence-corrected chi connectivity index (χ4v) is 6.56. The zero-order valence-electron chi connectivity index (χ0n) is 40.0. The van der Waals surface area contributed by atoms with E-state index in [9.17, 15) is 14.3 Å². The van der Waals surface area contributed by atoms with E-state index < -0.39 is 13.9 Å². The maximum atomic E-state index is 12.7. The lowest BCUT2D eigenvalue weighted by molar-refractivity contribution is -0.870. The standard InChI is InChI=1S/C53H90NO7P/c1-6-8-10-12-14-16-18-20-22-23-24-25-26-27-28-29-30-31-32-33-35-37-39-41-43-45-48-58-50-52(51-60-62(56,57)59-49-47-54(3,4)5)61-53(55)46-44-42-40-38-36-34-21-19-17-15-13-11-9-7-2/h8,10,13-16,19-22,24-25,27-28,30-31,33,35,52H,6-7,9,11-12,17-18,23,26,29,32,34,36-51H2,1-5H3/b10-8-,15-13-,16-14-,21-19-,22-20-,25-24-,28-27-,31-30-,35-33-. The van der Waals surface area contributed by atoms with Gasteiger partial charge in [0.2, 0.25) is 0 Å². The Morgan fingerprint density at radius 3 is 1.40 bits per heavy atom. The highest BCUT2D eigenvalue weighted by Crippen LogP contribution is 2.38. The molecule has 62 heavy (non-hydrogen) atoms. The van der Waals surface area contributed by atoms with Gasteiger partial charge in [-0.3, -0.25) is 9.36 Å². The van der Waals surface area contributed by atoms with Crippen LogP contribution in [0.25, 0.3) is 0 Å². The lowest BCUT2D eigenvalue weighted by Crippen LogP contribution is -2.37. The third-order valence-electron chi connectivity index (χ3n) is 9.56. The summed E-state index contributed by atoms with van der Waals surface area (Å²) in [5.41, 5.74) is 0. The molecule has 0 saturated heterocycles. The van der Waals surface area contributed by atoms with Crippen molar-refractivity contribution in [3.05, 3.63) is 109 Å². The van der Waals surface area contributed by atoms with Crippen LogP contribution in [0.4, 0.5) is 0 Å². The number of allylic oxidation sites excluding steroid dienone is 18. The van der Waals surface area contributed by atoms with E-state index in [1.54, 1.807) is 0 Å². The van der Waals surface area contributed by atoms with E-state index >= 15 is 0 Å². The van der Waals surface area contributed by atoms with Crippen molar-refractivity contribution in [3.63, 3.8) is 0 Å². The molecule has 0 aromatic heterocycles. The molecule has 2 unspecified atom stereocenters. The Hall–Kier alpha value is -2.84. The van der Waals surface area contributed by atoms with Gasteiger partial charge in [-0.2, -0.15) is 0 Å². The number of carbonyl (C=O) groups excluding carboxylic acids is 1. The third kappa shape index (κ3) is 48.2. The summed E-state index contributed by atoms with van der Waals surface area (Å²) in [5.74, 6) is -0.363. The number of hydrogen-bond donors (Lipinski definition) is 0. The molecule has 0 spiro atoms. The van der Waals surface area contributed by atoms with Crippen LogP contribution >= 0.6 is 7.82 Å². The van der Waals surface area contributed by atoms with Crippen LogP contribution in [0.3, 0.4) is 0 Å². The van der Waals surface area contributed by atoms with Crippen LogP contribution in [0.15, 0.2) is 109 Å². The van der Waals surface area contributed by atoms with Crippen molar-refractivity contribution < 1.29 is 37.3 Å². The molecule has 0 aromatic carbocycles. The summed E-state index contributed by atoms with van der Waals surface area (Å²) < 4.78 is 34.6. The van der Waals surface area contributed by atoms with Crippen LogP contribution in [0, 0.1) is 0 Å². The Morgan fingerprint density at radius 2 is 0.935 bits per heavy atom. The number of nitrogens with zero attached hydrogens (tertiary/aromatic N) is 1. The number of rotatable bonds is 43. The minimum Gasteiger partial charge on any atom is -0.756 e. The van der Waals surface area contributed by atoms with E-state index in [4.69, 9.17) is 18.5 Å². The Morgan fingerprint density at radius 1 is 0.516 bits per heavy atom. The fourth-order valence-electron chi connectivity index (χ4n) is 5.83. The van der Waals surface area contributed by atoms with Crippen LogP contribution < -0.4 is 4.89 Å². The molecule has 0 aliphatic rings. The van der Waals surface area contributed by atoms with E-state index in [1.807, 2.05) is 21.1 Å². The number of esters is 1. The van der Waals surface area contributed by atoms with E-state index in [0.717, 1.165) is 122 Å². The number of hydrogen-bond acceptors (Lipinski definition) is 7. The van der Waals surface area contributed by atoms with Crippen LogP contribution in [0.1, 0.15) is 162 Å². The average Bonchev–Trinajstić information content (AvgIpc) is 3.23. The number of phosphoric ester groups is 1. The summed E-state index contributed by atoms with van der Waals surface area (Å²) in [6.45, 7) is 5.14. The van der Waals surface area contributed by atoms with Gasteiger partial charge in [0, 0.05) is 13.0 Å². The topological polar surface area (TPSA) is 94.1 Å².